The van der Waals surface area contributed by atoms with Gasteiger partial charge in [-0.25, -0.2) is 4.98 Å². The predicted octanol–water partition coefficient (Wildman–Crippen LogP) is 2.69. The number of nitro groups is 1. The second-order valence-corrected chi connectivity index (χ2v) is 4.80. The summed E-state index contributed by atoms with van der Waals surface area (Å²) < 4.78 is 1.65. The Morgan fingerprint density at radius 1 is 1.47 bits per heavy atom. The van der Waals surface area contributed by atoms with Crippen LogP contribution < -0.4 is 0 Å². The van der Waals surface area contributed by atoms with Crippen molar-refractivity contribution in [3.8, 4) is 5.69 Å². The molecule has 1 aliphatic heterocycles. The van der Waals surface area contributed by atoms with Crippen LogP contribution in [-0.2, 0) is 5.75 Å². The number of aromatic nitrogens is 2. The third-order valence-electron chi connectivity index (χ3n) is 2.73. The van der Waals surface area contributed by atoms with E-state index in [0.717, 1.165) is 16.4 Å². The van der Waals surface area contributed by atoms with E-state index in [1.54, 1.807) is 23.3 Å². The Bertz CT molecular complexity index is 621. The Morgan fingerprint density at radius 3 is 3.00 bits per heavy atom. The molecule has 0 atom stereocenters. The van der Waals surface area contributed by atoms with Gasteiger partial charge in [0.25, 0.3) is 0 Å². The van der Waals surface area contributed by atoms with Gasteiger partial charge in [-0.05, 0) is 24.0 Å². The van der Waals surface area contributed by atoms with Gasteiger partial charge in [-0.2, -0.15) is 4.57 Å². The SMILES string of the molecule is Cc1nc2n(c1[N+](=O)[O-])-c1ccccc1SC2. The maximum atomic E-state index is 11.1. The van der Waals surface area contributed by atoms with E-state index in [1.165, 1.54) is 0 Å². The van der Waals surface area contributed by atoms with E-state index in [0.29, 0.717) is 11.4 Å². The summed E-state index contributed by atoms with van der Waals surface area (Å²) in [5.41, 5.74) is 1.33. The van der Waals surface area contributed by atoms with Gasteiger partial charge in [0.05, 0.1) is 10.6 Å². The van der Waals surface area contributed by atoms with Crippen LogP contribution in [0, 0.1) is 17.0 Å². The zero-order valence-electron chi connectivity index (χ0n) is 9.08. The first-order valence-corrected chi connectivity index (χ1v) is 6.12. The highest BCUT2D eigenvalue weighted by Crippen LogP contribution is 2.38. The lowest BCUT2D eigenvalue weighted by Gasteiger charge is -2.13. The van der Waals surface area contributed by atoms with Crippen LogP contribution in [0.5, 0.6) is 0 Å². The quantitative estimate of drug-likeness (QED) is 0.574. The topological polar surface area (TPSA) is 61.0 Å². The van der Waals surface area contributed by atoms with Gasteiger partial charge < -0.3 is 10.1 Å². The maximum absolute atomic E-state index is 11.1. The van der Waals surface area contributed by atoms with E-state index in [9.17, 15) is 10.1 Å². The largest absolute Gasteiger partial charge is 0.358 e. The van der Waals surface area contributed by atoms with Crippen molar-refractivity contribution in [2.75, 3.05) is 0 Å². The summed E-state index contributed by atoms with van der Waals surface area (Å²) in [5, 5.41) is 11.1. The fraction of sp³-hybridized carbons (Fsp3) is 0.182. The summed E-state index contributed by atoms with van der Waals surface area (Å²) in [5.74, 6) is 1.50. The van der Waals surface area contributed by atoms with E-state index < -0.39 is 0 Å². The van der Waals surface area contributed by atoms with Crippen LogP contribution in [0.3, 0.4) is 0 Å². The second-order valence-electron chi connectivity index (χ2n) is 3.79. The Labute approximate surface area is 102 Å². The van der Waals surface area contributed by atoms with Crippen molar-refractivity contribution in [2.24, 2.45) is 0 Å². The summed E-state index contributed by atoms with van der Waals surface area (Å²) in [7, 11) is 0. The van der Waals surface area contributed by atoms with Crippen LogP contribution in [-0.4, -0.2) is 14.5 Å². The molecule has 0 fully saturated rings. The standard InChI is InChI=1S/C11H9N3O2S/c1-7-11(14(15)16)13-8-4-2-3-5-9(8)17-6-10(13)12-7/h2-5H,6H2,1H3. The van der Waals surface area contributed by atoms with Crippen molar-refractivity contribution >= 4 is 17.6 Å². The van der Waals surface area contributed by atoms with Gasteiger partial charge in [-0.1, -0.05) is 12.1 Å². The molecule has 2 aromatic rings. The van der Waals surface area contributed by atoms with Crippen LogP contribution in [0.4, 0.5) is 5.82 Å². The number of hydrogen-bond donors (Lipinski definition) is 0. The molecule has 0 aliphatic carbocycles. The predicted molar refractivity (Wildman–Crippen MR) is 64.5 cm³/mol. The molecule has 0 amide bonds. The Hall–Kier alpha value is -1.82. The Balaban J connectivity index is 2.34. The number of rotatable bonds is 1. The molecule has 0 unspecified atom stereocenters. The molecule has 86 valence electrons. The Morgan fingerprint density at radius 2 is 2.24 bits per heavy atom. The minimum atomic E-state index is -0.362. The second kappa shape index (κ2) is 3.59. The molecule has 0 bridgehead atoms. The molecular weight excluding hydrogens is 238 g/mol. The third kappa shape index (κ3) is 1.44. The van der Waals surface area contributed by atoms with Crippen molar-refractivity contribution in [3.05, 3.63) is 45.9 Å². The fourth-order valence-electron chi connectivity index (χ4n) is 2.05. The number of nitrogens with zero attached hydrogens (tertiary/aromatic N) is 3. The lowest BCUT2D eigenvalue weighted by molar-refractivity contribution is -0.391. The number of hydrogen-bond acceptors (Lipinski definition) is 4. The number of aryl methyl sites for hydroxylation is 1. The van der Waals surface area contributed by atoms with Crippen LogP contribution in [0.2, 0.25) is 0 Å². The molecule has 1 aromatic heterocycles. The van der Waals surface area contributed by atoms with Crippen molar-refractivity contribution < 1.29 is 4.92 Å². The van der Waals surface area contributed by atoms with Crippen molar-refractivity contribution in [1.82, 2.24) is 9.55 Å². The molecule has 6 heteroatoms. The van der Waals surface area contributed by atoms with Crippen molar-refractivity contribution in [3.63, 3.8) is 0 Å². The summed E-state index contributed by atoms with van der Waals surface area (Å²) in [4.78, 5) is 16.1. The van der Waals surface area contributed by atoms with E-state index in [-0.39, 0.29) is 10.7 Å². The smallest absolute Gasteiger partial charge is 0.351 e. The first kappa shape index (κ1) is 10.3. The van der Waals surface area contributed by atoms with E-state index in [2.05, 4.69) is 4.98 Å². The van der Waals surface area contributed by atoms with Crippen LogP contribution in [0.25, 0.3) is 5.69 Å². The molecule has 0 saturated heterocycles. The molecule has 5 nitrogen and oxygen atoms in total. The van der Waals surface area contributed by atoms with Gasteiger partial charge >= 0.3 is 5.82 Å². The fourth-order valence-corrected chi connectivity index (χ4v) is 3.01. The van der Waals surface area contributed by atoms with Crippen LogP contribution in [0.1, 0.15) is 11.5 Å². The normalized spacial score (nSPS) is 13.0. The molecule has 3 rings (SSSR count). The summed E-state index contributed by atoms with van der Waals surface area (Å²) in [6, 6.07) is 7.68. The average molecular weight is 247 g/mol. The summed E-state index contributed by atoms with van der Waals surface area (Å²) in [6.07, 6.45) is 0. The molecule has 0 saturated carbocycles. The molecule has 0 spiro atoms. The van der Waals surface area contributed by atoms with Gasteiger partial charge in [0.1, 0.15) is 11.4 Å². The monoisotopic (exact) mass is 247 g/mol. The molecule has 1 aromatic carbocycles. The third-order valence-corrected chi connectivity index (χ3v) is 3.78. The zero-order valence-corrected chi connectivity index (χ0v) is 9.90. The molecular formula is C11H9N3O2S. The van der Waals surface area contributed by atoms with E-state index in [1.807, 2.05) is 24.3 Å². The number of benzene rings is 1. The number of fused-ring (bicyclic) bond motifs is 3. The minimum absolute atomic E-state index is 0.0766. The highest BCUT2D eigenvalue weighted by atomic mass is 32.2. The van der Waals surface area contributed by atoms with Gasteiger partial charge in [0.15, 0.2) is 0 Å². The first-order valence-electron chi connectivity index (χ1n) is 5.13. The minimum Gasteiger partial charge on any atom is -0.358 e. The zero-order chi connectivity index (χ0) is 12.0. The van der Waals surface area contributed by atoms with Crippen molar-refractivity contribution in [2.45, 2.75) is 17.6 Å². The Kier molecular flexibility index (Phi) is 2.19. The molecule has 0 N–H and O–H groups in total. The van der Waals surface area contributed by atoms with Gasteiger partial charge in [0.2, 0.25) is 5.82 Å². The van der Waals surface area contributed by atoms with Crippen molar-refractivity contribution in [1.29, 1.82) is 0 Å². The highest BCUT2D eigenvalue weighted by Gasteiger charge is 2.30. The van der Waals surface area contributed by atoms with Crippen LogP contribution in [0.15, 0.2) is 29.2 Å². The number of para-hydroxylation sites is 1. The highest BCUT2D eigenvalue weighted by molar-refractivity contribution is 7.98. The molecule has 17 heavy (non-hydrogen) atoms. The molecule has 2 heterocycles. The van der Waals surface area contributed by atoms with Gasteiger partial charge in [-0.15, -0.1) is 11.8 Å². The summed E-state index contributed by atoms with van der Waals surface area (Å²) >= 11 is 1.66. The lowest BCUT2D eigenvalue weighted by atomic mass is 10.3. The first-order chi connectivity index (χ1) is 8.18. The summed E-state index contributed by atoms with van der Waals surface area (Å²) in [6.45, 7) is 1.68. The molecule has 0 radical (unpaired) electrons. The number of thioether (sulfide) groups is 1. The van der Waals surface area contributed by atoms with E-state index >= 15 is 0 Å². The maximum Gasteiger partial charge on any atom is 0.351 e. The van der Waals surface area contributed by atoms with Gasteiger partial charge in [-0.3, -0.25) is 0 Å². The average Bonchev–Trinajstić information content (AvgIpc) is 2.65. The van der Waals surface area contributed by atoms with Crippen LogP contribution >= 0.6 is 11.8 Å². The lowest BCUT2D eigenvalue weighted by Crippen LogP contribution is -2.09. The van der Waals surface area contributed by atoms with Gasteiger partial charge in [0, 0.05) is 0 Å². The number of imidazole rings is 1. The van der Waals surface area contributed by atoms with E-state index in [4.69, 9.17) is 0 Å². The molecule has 1 aliphatic rings.